The molecule has 0 amide bonds. The quantitative estimate of drug-likeness (QED) is 0.866. The summed E-state index contributed by atoms with van der Waals surface area (Å²) in [6, 6.07) is 8.09. The average Bonchev–Trinajstić information content (AvgIpc) is 2.46. The van der Waals surface area contributed by atoms with Gasteiger partial charge in [0.25, 0.3) is 0 Å². The van der Waals surface area contributed by atoms with Crippen LogP contribution in [0.2, 0.25) is 0 Å². The first-order chi connectivity index (χ1) is 9.89. The highest BCUT2D eigenvalue weighted by atomic mass is 16.6. The van der Waals surface area contributed by atoms with Crippen molar-refractivity contribution in [2.75, 3.05) is 20.2 Å². The Kier molecular flexibility index (Phi) is 5.04. The second-order valence-electron chi connectivity index (χ2n) is 6.26. The van der Waals surface area contributed by atoms with E-state index in [1.165, 1.54) is 11.1 Å². The number of methoxy groups -OCH3 is 1. The van der Waals surface area contributed by atoms with Crippen molar-refractivity contribution in [1.29, 1.82) is 0 Å². The van der Waals surface area contributed by atoms with Gasteiger partial charge in [0.1, 0.15) is 5.75 Å². The van der Waals surface area contributed by atoms with Gasteiger partial charge in [-0.1, -0.05) is 18.2 Å². The molecular formula is C17H25NO3. The summed E-state index contributed by atoms with van der Waals surface area (Å²) in [7, 11) is 1.67. The number of hydrogen-bond donors (Lipinski definition) is 1. The Morgan fingerprint density at radius 2 is 1.86 bits per heavy atom. The van der Waals surface area contributed by atoms with Gasteiger partial charge in [-0.2, -0.15) is 0 Å². The van der Waals surface area contributed by atoms with Crippen LogP contribution in [0.15, 0.2) is 30.3 Å². The molecule has 1 heterocycles. The van der Waals surface area contributed by atoms with E-state index in [0.717, 1.165) is 18.7 Å². The Bertz CT molecular complexity index is 488. The van der Waals surface area contributed by atoms with Crippen molar-refractivity contribution in [3.8, 4) is 5.75 Å². The molecule has 0 saturated carbocycles. The highest BCUT2D eigenvalue weighted by Gasteiger charge is 2.24. The molecule has 0 fully saturated rings. The number of aliphatic hydroxyl groups is 1. The smallest absolute Gasteiger partial charge is 0.216 e. The number of nitrogens with zero attached hydrogens (tertiary/aromatic N) is 1. The molecule has 2 rings (SSSR count). The molecular weight excluding hydrogens is 266 g/mol. The molecule has 21 heavy (non-hydrogen) atoms. The molecule has 0 bridgehead atoms. The first kappa shape index (κ1) is 16.0. The Balaban J connectivity index is 1.98. The number of rotatable bonds is 4. The van der Waals surface area contributed by atoms with E-state index in [1.807, 2.05) is 37.8 Å². The van der Waals surface area contributed by atoms with Gasteiger partial charge in [-0.05, 0) is 50.5 Å². The molecule has 4 nitrogen and oxygen atoms in total. The van der Waals surface area contributed by atoms with Gasteiger partial charge in [0.15, 0.2) is 0 Å². The summed E-state index contributed by atoms with van der Waals surface area (Å²) in [4.78, 5) is 1.93. The minimum atomic E-state index is -0.848. The minimum absolute atomic E-state index is 0.348. The van der Waals surface area contributed by atoms with Crippen molar-refractivity contribution in [3.05, 3.63) is 35.9 Å². The highest BCUT2D eigenvalue weighted by molar-refractivity contribution is 5.67. The van der Waals surface area contributed by atoms with Crippen molar-refractivity contribution >= 4 is 5.57 Å². The number of benzene rings is 1. The molecule has 1 aromatic rings. The largest absolute Gasteiger partial charge is 0.497 e. The number of ether oxygens (including phenoxy) is 2. The van der Waals surface area contributed by atoms with Crippen LogP contribution in [-0.4, -0.2) is 42.2 Å². The molecule has 0 aliphatic carbocycles. The van der Waals surface area contributed by atoms with E-state index in [9.17, 15) is 5.11 Å². The van der Waals surface area contributed by atoms with E-state index < -0.39 is 6.41 Å². The molecule has 0 saturated heterocycles. The molecule has 1 aliphatic heterocycles. The van der Waals surface area contributed by atoms with E-state index in [4.69, 9.17) is 9.47 Å². The summed E-state index contributed by atoms with van der Waals surface area (Å²) < 4.78 is 10.8. The van der Waals surface area contributed by atoms with Crippen LogP contribution >= 0.6 is 0 Å². The summed E-state index contributed by atoms with van der Waals surface area (Å²) in [5.41, 5.74) is 2.16. The SMILES string of the molecule is COc1ccc(C2=CCN(C(O)OC(C)(C)C)CC2)cc1. The van der Waals surface area contributed by atoms with Gasteiger partial charge in [-0.25, -0.2) is 0 Å². The summed E-state index contributed by atoms with van der Waals surface area (Å²) in [5, 5.41) is 10.1. The van der Waals surface area contributed by atoms with Gasteiger partial charge in [0.2, 0.25) is 6.41 Å². The summed E-state index contributed by atoms with van der Waals surface area (Å²) >= 11 is 0. The zero-order valence-corrected chi connectivity index (χ0v) is 13.3. The van der Waals surface area contributed by atoms with Gasteiger partial charge in [0.05, 0.1) is 12.7 Å². The van der Waals surface area contributed by atoms with E-state index in [2.05, 4.69) is 18.2 Å². The molecule has 1 N–H and O–H groups in total. The molecule has 4 heteroatoms. The Labute approximate surface area is 127 Å². The van der Waals surface area contributed by atoms with Gasteiger partial charge in [0, 0.05) is 13.1 Å². The molecule has 116 valence electrons. The zero-order chi connectivity index (χ0) is 15.5. The zero-order valence-electron chi connectivity index (χ0n) is 13.3. The monoisotopic (exact) mass is 291 g/mol. The van der Waals surface area contributed by atoms with Crippen molar-refractivity contribution in [3.63, 3.8) is 0 Å². The Hall–Kier alpha value is -1.36. The van der Waals surface area contributed by atoms with Gasteiger partial charge >= 0.3 is 0 Å². The number of hydrogen-bond acceptors (Lipinski definition) is 4. The minimum Gasteiger partial charge on any atom is -0.497 e. The molecule has 0 aromatic heterocycles. The van der Waals surface area contributed by atoms with Crippen LogP contribution in [0.25, 0.3) is 5.57 Å². The van der Waals surface area contributed by atoms with Crippen LogP contribution in [0.4, 0.5) is 0 Å². The summed E-state index contributed by atoms with van der Waals surface area (Å²) in [6.07, 6.45) is 2.20. The van der Waals surface area contributed by atoms with E-state index >= 15 is 0 Å². The molecule has 1 aliphatic rings. The van der Waals surface area contributed by atoms with Gasteiger partial charge in [-0.3, -0.25) is 4.90 Å². The standard InChI is InChI=1S/C17H25NO3/c1-17(2,3)21-16(19)18-11-9-14(10-12-18)13-5-7-15(20-4)8-6-13/h5-9,16,19H,10-12H2,1-4H3. The maximum absolute atomic E-state index is 10.1. The lowest BCUT2D eigenvalue weighted by molar-refractivity contribution is -0.236. The molecule has 1 unspecified atom stereocenters. The maximum Gasteiger partial charge on any atom is 0.216 e. The predicted octanol–water partition coefficient (Wildman–Crippen LogP) is 2.88. The lowest BCUT2D eigenvalue weighted by atomic mass is 9.99. The molecule has 1 aromatic carbocycles. The third kappa shape index (κ3) is 4.56. The van der Waals surface area contributed by atoms with Crippen LogP contribution in [-0.2, 0) is 4.74 Å². The fourth-order valence-electron chi connectivity index (χ4n) is 2.34. The highest BCUT2D eigenvalue weighted by Crippen LogP contribution is 2.25. The second kappa shape index (κ2) is 6.60. The van der Waals surface area contributed by atoms with Crippen LogP contribution in [0.3, 0.4) is 0 Å². The average molecular weight is 291 g/mol. The predicted molar refractivity (Wildman–Crippen MR) is 84.0 cm³/mol. The molecule has 0 spiro atoms. The van der Waals surface area contributed by atoms with Crippen molar-refractivity contribution in [2.45, 2.75) is 39.2 Å². The third-order valence-electron chi connectivity index (χ3n) is 3.47. The lowest BCUT2D eigenvalue weighted by Gasteiger charge is -2.34. The van der Waals surface area contributed by atoms with Crippen LogP contribution < -0.4 is 4.74 Å². The van der Waals surface area contributed by atoms with Crippen molar-refractivity contribution < 1.29 is 14.6 Å². The fourth-order valence-corrected chi connectivity index (χ4v) is 2.34. The number of aliphatic hydroxyl groups excluding tert-OH is 1. The van der Waals surface area contributed by atoms with E-state index in [0.29, 0.717) is 6.54 Å². The van der Waals surface area contributed by atoms with E-state index in [1.54, 1.807) is 7.11 Å². The fraction of sp³-hybridized carbons (Fsp3) is 0.529. The first-order valence-corrected chi connectivity index (χ1v) is 7.32. The first-order valence-electron chi connectivity index (χ1n) is 7.32. The molecule has 0 radical (unpaired) electrons. The third-order valence-corrected chi connectivity index (χ3v) is 3.47. The second-order valence-corrected chi connectivity index (χ2v) is 6.26. The Morgan fingerprint density at radius 1 is 1.19 bits per heavy atom. The van der Waals surface area contributed by atoms with Crippen LogP contribution in [0.5, 0.6) is 5.75 Å². The summed E-state index contributed by atoms with van der Waals surface area (Å²) in [5.74, 6) is 0.866. The van der Waals surface area contributed by atoms with Crippen molar-refractivity contribution in [1.82, 2.24) is 4.90 Å². The Morgan fingerprint density at radius 3 is 2.33 bits per heavy atom. The molecule has 1 atom stereocenters. The van der Waals surface area contributed by atoms with E-state index in [-0.39, 0.29) is 5.60 Å². The topological polar surface area (TPSA) is 41.9 Å². The van der Waals surface area contributed by atoms with Crippen LogP contribution in [0.1, 0.15) is 32.8 Å². The van der Waals surface area contributed by atoms with Crippen molar-refractivity contribution in [2.24, 2.45) is 0 Å². The summed E-state index contributed by atoms with van der Waals surface area (Å²) in [6.45, 7) is 7.31. The van der Waals surface area contributed by atoms with Gasteiger partial charge < -0.3 is 14.6 Å². The van der Waals surface area contributed by atoms with Crippen LogP contribution in [0, 0.1) is 0 Å². The normalized spacial score (nSPS) is 18.2. The van der Waals surface area contributed by atoms with Gasteiger partial charge in [-0.15, -0.1) is 0 Å². The lowest BCUT2D eigenvalue weighted by Crippen LogP contribution is -2.43. The maximum atomic E-state index is 10.1.